The van der Waals surface area contributed by atoms with E-state index in [-0.39, 0.29) is 18.1 Å². The topological polar surface area (TPSA) is 98.5 Å². The van der Waals surface area contributed by atoms with E-state index in [1.807, 2.05) is 6.07 Å². The molecule has 0 radical (unpaired) electrons. The predicted molar refractivity (Wildman–Crippen MR) is 79.2 cm³/mol. The van der Waals surface area contributed by atoms with E-state index in [1.165, 1.54) is 17.8 Å². The van der Waals surface area contributed by atoms with Gasteiger partial charge in [-0.15, -0.1) is 0 Å². The Morgan fingerprint density at radius 3 is 2.95 bits per heavy atom. The van der Waals surface area contributed by atoms with Crippen LogP contribution in [0.4, 0.5) is 0 Å². The fourth-order valence-electron chi connectivity index (χ4n) is 2.14. The van der Waals surface area contributed by atoms with Gasteiger partial charge in [0.25, 0.3) is 0 Å². The van der Waals surface area contributed by atoms with Crippen molar-refractivity contribution in [3.8, 4) is 6.07 Å². The quantitative estimate of drug-likeness (QED) is 0.882. The summed E-state index contributed by atoms with van der Waals surface area (Å²) >= 11 is 1.43. The smallest absolute Gasteiger partial charge is 0.322 e. The van der Waals surface area contributed by atoms with Crippen molar-refractivity contribution in [1.82, 2.24) is 4.31 Å². The van der Waals surface area contributed by atoms with E-state index in [2.05, 4.69) is 0 Å². The maximum Gasteiger partial charge on any atom is 0.322 e. The highest BCUT2D eigenvalue weighted by Gasteiger charge is 2.36. The van der Waals surface area contributed by atoms with Crippen molar-refractivity contribution in [1.29, 1.82) is 5.26 Å². The number of aliphatic carboxylic acids is 1. The van der Waals surface area contributed by atoms with E-state index in [0.717, 1.165) is 4.31 Å². The molecule has 0 spiro atoms. The molecule has 1 N–H and O–H groups in total. The average molecular weight is 326 g/mol. The number of nitriles is 1. The van der Waals surface area contributed by atoms with Crippen LogP contribution in [0.2, 0.25) is 0 Å². The van der Waals surface area contributed by atoms with E-state index < -0.39 is 22.0 Å². The van der Waals surface area contributed by atoms with Crippen LogP contribution in [0.15, 0.2) is 24.3 Å². The molecule has 1 fully saturated rings. The largest absolute Gasteiger partial charge is 0.480 e. The van der Waals surface area contributed by atoms with E-state index in [4.69, 9.17) is 10.4 Å². The molecule has 2 rings (SSSR count). The summed E-state index contributed by atoms with van der Waals surface area (Å²) in [5, 5.41) is 18.0. The Morgan fingerprint density at radius 1 is 1.52 bits per heavy atom. The second kappa shape index (κ2) is 6.47. The van der Waals surface area contributed by atoms with Crippen LogP contribution in [-0.4, -0.2) is 47.9 Å². The molecule has 1 aliphatic heterocycles. The van der Waals surface area contributed by atoms with Crippen molar-refractivity contribution in [3.63, 3.8) is 0 Å². The second-order valence-corrected chi connectivity index (χ2v) is 7.68. The lowest BCUT2D eigenvalue weighted by molar-refractivity contribution is -0.140. The molecule has 1 aliphatic rings. The molecule has 0 aromatic heterocycles. The molecular formula is C13H14N2O4S2. The highest BCUT2D eigenvalue weighted by atomic mass is 32.2. The Labute approximate surface area is 127 Å². The number of benzene rings is 1. The molecule has 0 saturated carbocycles. The minimum atomic E-state index is -3.73. The SMILES string of the molecule is N#Cc1cccc(CS(=O)(=O)N2CCSCC2C(=O)O)c1. The Hall–Kier alpha value is -1.56. The minimum Gasteiger partial charge on any atom is -0.480 e. The first-order chi connectivity index (χ1) is 9.94. The van der Waals surface area contributed by atoms with E-state index in [0.29, 0.717) is 16.9 Å². The highest BCUT2D eigenvalue weighted by molar-refractivity contribution is 7.99. The van der Waals surface area contributed by atoms with Gasteiger partial charge in [0.1, 0.15) is 6.04 Å². The molecule has 21 heavy (non-hydrogen) atoms. The molecular weight excluding hydrogens is 312 g/mol. The third-order valence-electron chi connectivity index (χ3n) is 3.13. The number of hydrogen-bond acceptors (Lipinski definition) is 5. The number of thioether (sulfide) groups is 1. The molecule has 1 aromatic rings. The summed E-state index contributed by atoms with van der Waals surface area (Å²) in [6.07, 6.45) is 0. The fraction of sp³-hybridized carbons (Fsp3) is 0.385. The van der Waals surface area contributed by atoms with Gasteiger partial charge in [-0.05, 0) is 17.7 Å². The molecule has 6 nitrogen and oxygen atoms in total. The first-order valence-corrected chi connectivity index (χ1v) is 8.99. The number of sulfonamides is 1. The maximum absolute atomic E-state index is 12.4. The number of nitrogens with zero attached hydrogens (tertiary/aromatic N) is 2. The van der Waals surface area contributed by atoms with Gasteiger partial charge in [-0.1, -0.05) is 12.1 Å². The van der Waals surface area contributed by atoms with Gasteiger partial charge < -0.3 is 5.11 Å². The number of hydrogen-bond donors (Lipinski definition) is 1. The van der Waals surface area contributed by atoms with Crippen LogP contribution < -0.4 is 0 Å². The number of carboxylic acids is 1. The van der Waals surface area contributed by atoms with E-state index in [9.17, 15) is 13.2 Å². The van der Waals surface area contributed by atoms with Gasteiger partial charge in [-0.3, -0.25) is 4.79 Å². The van der Waals surface area contributed by atoms with Crippen LogP contribution in [0.1, 0.15) is 11.1 Å². The average Bonchev–Trinajstić information content (AvgIpc) is 2.47. The van der Waals surface area contributed by atoms with Gasteiger partial charge in [-0.2, -0.15) is 21.3 Å². The van der Waals surface area contributed by atoms with Crippen LogP contribution in [-0.2, 0) is 20.6 Å². The summed E-state index contributed by atoms with van der Waals surface area (Å²) in [6, 6.07) is 7.26. The Morgan fingerprint density at radius 2 is 2.29 bits per heavy atom. The molecule has 0 aliphatic carbocycles. The Bertz CT molecular complexity index is 682. The minimum absolute atomic E-state index is 0.196. The summed E-state index contributed by atoms with van der Waals surface area (Å²) in [5.41, 5.74) is 0.864. The molecule has 0 bridgehead atoms. The molecule has 1 aromatic carbocycles. The Kier molecular flexibility index (Phi) is 4.88. The van der Waals surface area contributed by atoms with Gasteiger partial charge in [0, 0.05) is 18.1 Å². The summed E-state index contributed by atoms with van der Waals surface area (Å²) < 4.78 is 25.9. The lowest BCUT2D eigenvalue weighted by Gasteiger charge is -2.31. The van der Waals surface area contributed by atoms with Crippen molar-refractivity contribution < 1.29 is 18.3 Å². The third kappa shape index (κ3) is 3.75. The van der Waals surface area contributed by atoms with Gasteiger partial charge in [-0.25, -0.2) is 8.42 Å². The Balaban J connectivity index is 2.24. The van der Waals surface area contributed by atoms with Gasteiger partial charge >= 0.3 is 5.97 Å². The number of carboxylic acid groups (broad SMARTS) is 1. The summed E-state index contributed by atoms with van der Waals surface area (Å²) in [4.78, 5) is 11.2. The van der Waals surface area contributed by atoms with E-state index >= 15 is 0 Å². The van der Waals surface area contributed by atoms with E-state index in [1.54, 1.807) is 18.2 Å². The first-order valence-electron chi connectivity index (χ1n) is 6.23. The van der Waals surface area contributed by atoms with Crippen molar-refractivity contribution in [3.05, 3.63) is 35.4 Å². The summed E-state index contributed by atoms with van der Waals surface area (Å²) in [7, 11) is -3.73. The first kappa shape index (κ1) is 15.8. The standard InChI is InChI=1S/C13H14N2O4S2/c14-7-10-2-1-3-11(6-10)9-21(18,19)15-4-5-20-8-12(15)13(16)17/h1-3,6,12H,4-5,8-9H2,(H,16,17). The van der Waals surface area contributed by atoms with Gasteiger partial charge in [0.15, 0.2) is 0 Å². The van der Waals surface area contributed by atoms with Crippen LogP contribution in [0.3, 0.4) is 0 Å². The predicted octanol–water partition coefficient (Wildman–Crippen LogP) is 0.890. The van der Waals surface area contributed by atoms with Gasteiger partial charge in [0.2, 0.25) is 10.0 Å². The lowest BCUT2D eigenvalue weighted by atomic mass is 10.2. The number of rotatable bonds is 4. The monoisotopic (exact) mass is 326 g/mol. The van der Waals surface area contributed by atoms with Crippen molar-refractivity contribution in [2.45, 2.75) is 11.8 Å². The summed E-state index contributed by atoms with van der Waals surface area (Å²) in [6.45, 7) is 0.196. The fourth-order valence-corrected chi connectivity index (χ4v) is 5.08. The molecule has 1 atom stereocenters. The lowest BCUT2D eigenvalue weighted by Crippen LogP contribution is -2.50. The molecule has 1 saturated heterocycles. The van der Waals surface area contributed by atoms with Crippen LogP contribution in [0, 0.1) is 11.3 Å². The van der Waals surface area contributed by atoms with Crippen molar-refractivity contribution in [2.24, 2.45) is 0 Å². The van der Waals surface area contributed by atoms with Gasteiger partial charge in [0.05, 0.1) is 17.4 Å². The molecule has 0 amide bonds. The second-order valence-electron chi connectivity index (χ2n) is 4.61. The van der Waals surface area contributed by atoms with Crippen LogP contribution >= 0.6 is 11.8 Å². The molecule has 1 heterocycles. The number of carbonyl (C=O) groups is 1. The molecule has 8 heteroatoms. The van der Waals surface area contributed by atoms with Crippen LogP contribution in [0.25, 0.3) is 0 Å². The zero-order chi connectivity index (χ0) is 15.5. The normalized spacial score (nSPS) is 19.9. The molecule has 112 valence electrons. The zero-order valence-corrected chi connectivity index (χ0v) is 12.7. The third-order valence-corrected chi connectivity index (χ3v) is 6.00. The highest BCUT2D eigenvalue weighted by Crippen LogP contribution is 2.22. The molecule has 1 unspecified atom stereocenters. The van der Waals surface area contributed by atoms with Crippen molar-refractivity contribution in [2.75, 3.05) is 18.1 Å². The van der Waals surface area contributed by atoms with Crippen LogP contribution in [0.5, 0.6) is 0 Å². The van der Waals surface area contributed by atoms with Crippen molar-refractivity contribution >= 4 is 27.8 Å². The summed E-state index contributed by atoms with van der Waals surface area (Å²) in [5.74, 6) is -0.582. The zero-order valence-electron chi connectivity index (χ0n) is 11.1. The maximum atomic E-state index is 12.4.